The molecule has 1 aromatic carbocycles. The third-order valence-corrected chi connectivity index (χ3v) is 2.35. The van der Waals surface area contributed by atoms with Crippen molar-refractivity contribution in [2.45, 2.75) is 11.6 Å². The SMILES string of the molecule is O=S(=O)(O)c1ccccc1CF. The maximum atomic E-state index is 12.1. The van der Waals surface area contributed by atoms with Crippen molar-refractivity contribution in [1.29, 1.82) is 0 Å². The molecule has 12 heavy (non-hydrogen) atoms. The molecule has 0 saturated heterocycles. The van der Waals surface area contributed by atoms with E-state index in [1.54, 1.807) is 0 Å². The topological polar surface area (TPSA) is 54.4 Å². The Bertz CT molecular complexity index is 372. The zero-order valence-electron chi connectivity index (χ0n) is 6.07. The van der Waals surface area contributed by atoms with Gasteiger partial charge in [0.15, 0.2) is 0 Å². The fraction of sp³-hybridized carbons (Fsp3) is 0.143. The molecule has 0 aliphatic heterocycles. The van der Waals surface area contributed by atoms with Crippen molar-refractivity contribution >= 4 is 10.1 Å². The minimum atomic E-state index is -4.29. The van der Waals surface area contributed by atoms with Crippen LogP contribution in [0.1, 0.15) is 5.56 Å². The van der Waals surface area contributed by atoms with Crippen molar-refractivity contribution in [3.05, 3.63) is 29.8 Å². The van der Waals surface area contributed by atoms with E-state index in [0.29, 0.717) is 0 Å². The lowest BCUT2D eigenvalue weighted by Crippen LogP contribution is -2.01. The van der Waals surface area contributed by atoms with Gasteiger partial charge in [0.2, 0.25) is 0 Å². The molecule has 1 rings (SSSR count). The van der Waals surface area contributed by atoms with Gasteiger partial charge in [-0.2, -0.15) is 8.42 Å². The summed E-state index contributed by atoms with van der Waals surface area (Å²) in [5.41, 5.74) is -0.0278. The predicted molar refractivity (Wildman–Crippen MR) is 41.1 cm³/mol. The summed E-state index contributed by atoms with van der Waals surface area (Å²) in [6.07, 6.45) is 0. The molecule has 1 aromatic rings. The normalized spacial score (nSPS) is 11.5. The summed E-state index contributed by atoms with van der Waals surface area (Å²) in [7, 11) is -4.29. The average molecular weight is 190 g/mol. The minimum absolute atomic E-state index is 0.0278. The highest BCUT2D eigenvalue weighted by molar-refractivity contribution is 7.85. The summed E-state index contributed by atoms with van der Waals surface area (Å²) in [4.78, 5) is -0.368. The molecule has 0 atom stereocenters. The summed E-state index contributed by atoms with van der Waals surface area (Å²) in [5.74, 6) is 0. The molecule has 0 unspecified atom stereocenters. The van der Waals surface area contributed by atoms with Crippen LogP contribution in [0, 0.1) is 0 Å². The highest BCUT2D eigenvalue weighted by Gasteiger charge is 2.13. The van der Waals surface area contributed by atoms with E-state index in [4.69, 9.17) is 4.55 Å². The summed E-state index contributed by atoms with van der Waals surface area (Å²) in [5, 5.41) is 0. The quantitative estimate of drug-likeness (QED) is 0.717. The molecular formula is C7H7FO3S. The number of alkyl halides is 1. The third kappa shape index (κ3) is 1.80. The first-order valence-electron chi connectivity index (χ1n) is 3.17. The van der Waals surface area contributed by atoms with Crippen molar-refractivity contribution in [1.82, 2.24) is 0 Å². The van der Waals surface area contributed by atoms with E-state index in [-0.39, 0.29) is 10.5 Å². The van der Waals surface area contributed by atoms with Crippen molar-refractivity contribution < 1.29 is 17.4 Å². The summed E-state index contributed by atoms with van der Waals surface area (Å²) >= 11 is 0. The van der Waals surface area contributed by atoms with Crippen LogP contribution in [0.2, 0.25) is 0 Å². The lowest BCUT2D eigenvalue weighted by molar-refractivity contribution is 0.462. The van der Waals surface area contributed by atoms with Gasteiger partial charge in [-0.1, -0.05) is 18.2 Å². The van der Waals surface area contributed by atoms with Crippen LogP contribution in [-0.2, 0) is 16.8 Å². The number of benzene rings is 1. The van der Waals surface area contributed by atoms with Gasteiger partial charge in [-0.25, -0.2) is 4.39 Å². The second kappa shape index (κ2) is 3.20. The third-order valence-electron chi connectivity index (χ3n) is 1.39. The van der Waals surface area contributed by atoms with Crippen LogP contribution in [-0.4, -0.2) is 13.0 Å². The van der Waals surface area contributed by atoms with Crippen LogP contribution in [0.25, 0.3) is 0 Å². The van der Waals surface area contributed by atoms with E-state index in [1.165, 1.54) is 18.2 Å². The molecule has 0 aliphatic carbocycles. The summed E-state index contributed by atoms with van der Waals surface area (Å²) in [6.45, 7) is -0.907. The molecule has 0 aliphatic rings. The largest absolute Gasteiger partial charge is 0.294 e. The first-order valence-corrected chi connectivity index (χ1v) is 4.61. The zero-order valence-corrected chi connectivity index (χ0v) is 6.88. The van der Waals surface area contributed by atoms with Crippen molar-refractivity contribution in [2.75, 3.05) is 0 Å². The molecule has 0 amide bonds. The fourth-order valence-electron chi connectivity index (χ4n) is 0.866. The molecule has 1 N–H and O–H groups in total. The number of hydrogen-bond acceptors (Lipinski definition) is 2. The van der Waals surface area contributed by atoms with Gasteiger partial charge in [0.05, 0.1) is 4.90 Å². The van der Waals surface area contributed by atoms with E-state index in [0.717, 1.165) is 6.07 Å². The van der Waals surface area contributed by atoms with E-state index < -0.39 is 16.8 Å². The first-order chi connectivity index (χ1) is 5.55. The molecule has 0 radical (unpaired) electrons. The Hall–Kier alpha value is -0.940. The molecule has 3 nitrogen and oxygen atoms in total. The highest BCUT2D eigenvalue weighted by atomic mass is 32.2. The van der Waals surface area contributed by atoms with Crippen LogP contribution in [0.3, 0.4) is 0 Å². The molecule has 0 saturated carbocycles. The van der Waals surface area contributed by atoms with Crippen molar-refractivity contribution in [3.63, 3.8) is 0 Å². The second-order valence-electron chi connectivity index (χ2n) is 2.22. The highest BCUT2D eigenvalue weighted by Crippen LogP contribution is 2.15. The van der Waals surface area contributed by atoms with E-state index in [1.807, 2.05) is 0 Å². The Kier molecular flexibility index (Phi) is 2.44. The van der Waals surface area contributed by atoms with Gasteiger partial charge in [0, 0.05) is 5.56 Å². The van der Waals surface area contributed by atoms with Crippen LogP contribution in [0.4, 0.5) is 4.39 Å². The fourth-order valence-corrected chi connectivity index (χ4v) is 1.57. The average Bonchev–Trinajstić information content (AvgIpc) is 2.03. The smallest absolute Gasteiger partial charge is 0.282 e. The molecular weight excluding hydrogens is 183 g/mol. The molecule has 0 fully saturated rings. The van der Waals surface area contributed by atoms with Gasteiger partial charge >= 0.3 is 0 Å². The summed E-state index contributed by atoms with van der Waals surface area (Å²) in [6, 6.07) is 5.39. The summed E-state index contributed by atoms with van der Waals surface area (Å²) < 4.78 is 42.0. The van der Waals surface area contributed by atoms with E-state index in [9.17, 15) is 12.8 Å². The Labute approximate surface area is 69.6 Å². The Morgan fingerprint density at radius 3 is 2.33 bits per heavy atom. The van der Waals surface area contributed by atoms with Crippen LogP contribution in [0.5, 0.6) is 0 Å². The maximum Gasteiger partial charge on any atom is 0.294 e. The monoisotopic (exact) mass is 190 g/mol. The minimum Gasteiger partial charge on any atom is -0.282 e. The standard InChI is InChI=1S/C7H7FO3S/c8-5-6-3-1-2-4-7(6)12(9,10)11/h1-4H,5H2,(H,9,10,11). The van der Waals surface area contributed by atoms with Gasteiger partial charge in [0.1, 0.15) is 6.67 Å². The van der Waals surface area contributed by atoms with Crippen LogP contribution in [0.15, 0.2) is 29.2 Å². The van der Waals surface area contributed by atoms with Gasteiger partial charge < -0.3 is 0 Å². The number of rotatable bonds is 2. The van der Waals surface area contributed by atoms with Gasteiger partial charge in [-0.3, -0.25) is 4.55 Å². The lowest BCUT2D eigenvalue weighted by Gasteiger charge is -2.00. The predicted octanol–water partition coefficient (Wildman–Crippen LogP) is 1.40. The van der Waals surface area contributed by atoms with Crippen LogP contribution < -0.4 is 0 Å². The molecule has 0 heterocycles. The van der Waals surface area contributed by atoms with Crippen molar-refractivity contribution in [2.24, 2.45) is 0 Å². The first kappa shape index (κ1) is 9.15. The Morgan fingerprint density at radius 1 is 1.33 bits per heavy atom. The Morgan fingerprint density at radius 2 is 1.92 bits per heavy atom. The molecule has 5 heteroatoms. The molecule has 0 bridgehead atoms. The molecule has 0 spiro atoms. The van der Waals surface area contributed by atoms with E-state index in [2.05, 4.69) is 0 Å². The second-order valence-corrected chi connectivity index (χ2v) is 3.61. The lowest BCUT2D eigenvalue weighted by atomic mass is 10.2. The number of hydrogen-bond donors (Lipinski definition) is 1. The number of halogens is 1. The van der Waals surface area contributed by atoms with Crippen LogP contribution >= 0.6 is 0 Å². The van der Waals surface area contributed by atoms with Gasteiger partial charge in [0.25, 0.3) is 10.1 Å². The van der Waals surface area contributed by atoms with Gasteiger partial charge in [-0.15, -0.1) is 0 Å². The van der Waals surface area contributed by atoms with Gasteiger partial charge in [-0.05, 0) is 6.07 Å². The molecule has 66 valence electrons. The maximum absolute atomic E-state index is 12.1. The Balaban J connectivity index is 3.33. The zero-order chi connectivity index (χ0) is 9.19. The van der Waals surface area contributed by atoms with E-state index >= 15 is 0 Å². The van der Waals surface area contributed by atoms with Crippen molar-refractivity contribution in [3.8, 4) is 0 Å². The molecule has 0 aromatic heterocycles.